The molecule has 0 aromatic rings. The first kappa shape index (κ1) is 33.7. The zero-order chi connectivity index (χ0) is 26.5. The molecule has 7 N–H and O–H groups in total. The Morgan fingerprint density at radius 1 is 0.829 bits per heavy atom. The quantitative estimate of drug-likeness (QED) is 0.0911. The molecule has 11 heteroatoms. The van der Waals surface area contributed by atoms with Crippen molar-refractivity contribution >= 4 is 11.8 Å². The van der Waals surface area contributed by atoms with Crippen molar-refractivity contribution in [2.75, 3.05) is 72.6 Å². The number of Topliss-reactive ketones (excluding diaryl/α,β-unsaturated/α-hetero) is 1. The number of unbranched alkanes of at least 4 members (excludes halogenated alkanes) is 2. The summed E-state index contributed by atoms with van der Waals surface area (Å²) in [6.07, 6.45) is 3.77. The lowest BCUT2D eigenvalue weighted by Crippen LogP contribution is -2.49. The lowest BCUT2D eigenvalue weighted by molar-refractivity contribution is -0.122. The summed E-state index contributed by atoms with van der Waals surface area (Å²) < 4.78 is 11.2. The Morgan fingerprint density at radius 3 is 1.83 bits per heavy atom. The molecule has 35 heavy (non-hydrogen) atoms. The Labute approximate surface area is 209 Å². The van der Waals surface area contributed by atoms with E-state index in [0.29, 0.717) is 13.0 Å². The van der Waals surface area contributed by atoms with E-state index < -0.39 is 23.3 Å². The SMILES string of the molecule is CCC(C)C(=O)CCCCCNC(=O)NCC(CO)(COCC(CO)CO)COCC(CO)CO. The van der Waals surface area contributed by atoms with Gasteiger partial charge in [-0.1, -0.05) is 20.3 Å². The van der Waals surface area contributed by atoms with Crippen molar-refractivity contribution in [3.8, 4) is 0 Å². The molecule has 0 spiro atoms. The van der Waals surface area contributed by atoms with Gasteiger partial charge >= 0.3 is 6.03 Å². The normalized spacial score (nSPS) is 12.8. The van der Waals surface area contributed by atoms with Gasteiger partial charge in [0.1, 0.15) is 5.78 Å². The highest BCUT2D eigenvalue weighted by Crippen LogP contribution is 2.18. The smallest absolute Gasteiger partial charge is 0.314 e. The number of aliphatic hydroxyl groups is 5. The molecule has 0 saturated carbocycles. The average molecular weight is 509 g/mol. The van der Waals surface area contributed by atoms with Crippen molar-refractivity contribution in [3.05, 3.63) is 0 Å². The molecule has 0 saturated heterocycles. The minimum atomic E-state index is -1.00. The van der Waals surface area contributed by atoms with Crippen molar-refractivity contribution in [2.24, 2.45) is 23.2 Å². The molecule has 0 aliphatic carbocycles. The molecule has 0 aromatic heterocycles. The fraction of sp³-hybridized carbons (Fsp3) is 0.917. The number of hydrogen-bond acceptors (Lipinski definition) is 9. The third-order valence-corrected chi connectivity index (χ3v) is 6.06. The lowest BCUT2D eigenvalue weighted by atomic mass is 9.91. The van der Waals surface area contributed by atoms with Crippen LogP contribution in [-0.4, -0.2) is 110 Å². The second kappa shape index (κ2) is 20.8. The second-order valence-corrected chi connectivity index (χ2v) is 9.35. The van der Waals surface area contributed by atoms with Gasteiger partial charge in [0.05, 0.1) is 64.9 Å². The Bertz CT molecular complexity index is 525. The first-order chi connectivity index (χ1) is 16.8. The van der Waals surface area contributed by atoms with Crippen LogP contribution in [0.15, 0.2) is 0 Å². The minimum Gasteiger partial charge on any atom is -0.396 e. The molecule has 1 atom stereocenters. The van der Waals surface area contributed by atoms with E-state index >= 15 is 0 Å². The highest BCUT2D eigenvalue weighted by atomic mass is 16.5. The molecule has 0 radical (unpaired) electrons. The second-order valence-electron chi connectivity index (χ2n) is 9.35. The van der Waals surface area contributed by atoms with Crippen LogP contribution in [0.5, 0.6) is 0 Å². The fourth-order valence-corrected chi connectivity index (χ4v) is 3.11. The third kappa shape index (κ3) is 15.4. The molecule has 11 nitrogen and oxygen atoms in total. The van der Waals surface area contributed by atoms with Crippen LogP contribution in [0.25, 0.3) is 0 Å². The maximum Gasteiger partial charge on any atom is 0.314 e. The van der Waals surface area contributed by atoms with E-state index in [-0.39, 0.29) is 77.7 Å². The van der Waals surface area contributed by atoms with Crippen LogP contribution in [0.1, 0.15) is 46.0 Å². The van der Waals surface area contributed by atoms with Gasteiger partial charge in [0.25, 0.3) is 0 Å². The van der Waals surface area contributed by atoms with E-state index in [4.69, 9.17) is 9.47 Å². The number of rotatable bonds is 23. The van der Waals surface area contributed by atoms with Gasteiger partial charge in [0.2, 0.25) is 0 Å². The Morgan fingerprint density at radius 2 is 1.37 bits per heavy atom. The van der Waals surface area contributed by atoms with Gasteiger partial charge in [-0.25, -0.2) is 4.79 Å². The molecule has 2 amide bonds. The summed E-state index contributed by atoms with van der Waals surface area (Å²) in [6.45, 7) is 3.16. The zero-order valence-corrected chi connectivity index (χ0v) is 21.4. The maximum atomic E-state index is 12.3. The van der Waals surface area contributed by atoms with Gasteiger partial charge in [-0.15, -0.1) is 0 Å². The summed E-state index contributed by atoms with van der Waals surface area (Å²) in [4.78, 5) is 24.1. The van der Waals surface area contributed by atoms with E-state index in [1.807, 2.05) is 13.8 Å². The largest absolute Gasteiger partial charge is 0.396 e. The first-order valence-corrected chi connectivity index (χ1v) is 12.5. The predicted octanol–water partition coefficient (Wildman–Crippen LogP) is -0.325. The van der Waals surface area contributed by atoms with E-state index in [2.05, 4.69) is 10.6 Å². The number of carbonyl (C=O) groups excluding carboxylic acids is 2. The third-order valence-electron chi connectivity index (χ3n) is 6.06. The van der Waals surface area contributed by atoms with E-state index in [9.17, 15) is 35.1 Å². The first-order valence-electron chi connectivity index (χ1n) is 12.5. The van der Waals surface area contributed by atoms with E-state index in [0.717, 1.165) is 25.7 Å². The number of nitrogens with one attached hydrogen (secondary N) is 2. The molecule has 0 aliphatic rings. The molecule has 0 fully saturated rings. The lowest BCUT2D eigenvalue weighted by Gasteiger charge is -2.32. The summed E-state index contributed by atoms with van der Waals surface area (Å²) in [6, 6.07) is -0.411. The Hall–Kier alpha value is -1.34. The highest BCUT2D eigenvalue weighted by molar-refractivity contribution is 5.80. The van der Waals surface area contributed by atoms with Gasteiger partial charge < -0.3 is 45.6 Å². The van der Waals surface area contributed by atoms with Crippen LogP contribution < -0.4 is 10.6 Å². The average Bonchev–Trinajstić information content (AvgIpc) is 2.88. The van der Waals surface area contributed by atoms with Crippen LogP contribution >= 0.6 is 0 Å². The number of ketones is 1. The number of aliphatic hydroxyl groups excluding tert-OH is 5. The summed E-state index contributed by atoms with van der Waals surface area (Å²) in [5.74, 6) is -0.555. The summed E-state index contributed by atoms with van der Waals surface area (Å²) in [5.41, 5.74) is -1.00. The molecular weight excluding hydrogens is 460 g/mol. The van der Waals surface area contributed by atoms with Crippen molar-refractivity contribution in [1.29, 1.82) is 0 Å². The van der Waals surface area contributed by atoms with E-state index in [1.54, 1.807) is 0 Å². The topological polar surface area (TPSA) is 178 Å². The van der Waals surface area contributed by atoms with Crippen LogP contribution in [0.2, 0.25) is 0 Å². The number of ether oxygens (including phenoxy) is 2. The number of carbonyl (C=O) groups is 2. The molecule has 0 rings (SSSR count). The zero-order valence-electron chi connectivity index (χ0n) is 21.4. The Balaban J connectivity index is 4.59. The fourth-order valence-electron chi connectivity index (χ4n) is 3.11. The summed E-state index contributed by atoms with van der Waals surface area (Å²) in [5, 5.41) is 52.3. The Kier molecular flexibility index (Phi) is 20.0. The monoisotopic (exact) mass is 508 g/mol. The van der Waals surface area contributed by atoms with Gasteiger partial charge in [-0.2, -0.15) is 0 Å². The number of urea groups is 1. The van der Waals surface area contributed by atoms with Crippen molar-refractivity contribution < 1.29 is 44.6 Å². The van der Waals surface area contributed by atoms with Gasteiger partial charge in [-0.05, 0) is 19.3 Å². The molecule has 208 valence electrons. The van der Waals surface area contributed by atoms with Crippen molar-refractivity contribution in [2.45, 2.75) is 46.0 Å². The summed E-state index contributed by atoms with van der Waals surface area (Å²) >= 11 is 0. The van der Waals surface area contributed by atoms with E-state index in [1.165, 1.54) is 0 Å². The van der Waals surface area contributed by atoms with Gasteiger partial charge in [0.15, 0.2) is 0 Å². The molecule has 0 bridgehead atoms. The summed E-state index contributed by atoms with van der Waals surface area (Å²) in [7, 11) is 0. The van der Waals surface area contributed by atoms with Gasteiger partial charge in [-0.3, -0.25) is 4.79 Å². The standard InChI is InChI=1S/C24H48N2O9/c1-3-19(2)22(32)7-5-4-6-8-25-23(33)26-15-24(16-31,17-34-13-20(9-27)10-28)18-35-14-21(11-29)12-30/h19-21,27-31H,3-18H2,1-2H3,(H2,25,26,33). The van der Waals surface area contributed by atoms with Crippen LogP contribution in [0.4, 0.5) is 4.79 Å². The highest BCUT2D eigenvalue weighted by Gasteiger charge is 2.32. The predicted molar refractivity (Wildman–Crippen MR) is 131 cm³/mol. The maximum absolute atomic E-state index is 12.3. The molecule has 1 unspecified atom stereocenters. The number of hydrogen-bond donors (Lipinski definition) is 7. The molecule has 0 aliphatic heterocycles. The molecule has 0 aromatic carbocycles. The molecule has 0 heterocycles. The molecular formula is C24H48N2O9. The van der Waals surface area contributed by atoms with Gasteiger partial charge in [0, 0.05) is 37.3 Å². The van der Waals surface area contributed by atoms with Crippen LogP contribution in [0.3, 0.4) is 0 Å². The van der Waals surface area contributed by atoms with Crippen molar-refractivity contribution in [1.82, 2.24) is 10.6 Å². The minimum absolute atomic E-state index is 0.00654. The van der Waals surface area contributed by atoms with Crippen LogP contribution in [0, 0.1) is 23.2 Å². The van der Waals surface area contributed by atoms with Crippen LogP contribution in [-0.2, 0) is 14.3 Å². The number of amides is 2. The van der Waals surface area contributed by atoms with Crippen molar-refractivity contribution in [3.63, 3.8) is 0 Å².